The molecule has 0 atom stereocenters. The van der Waals surface area contributed by atoms with Gasteiger partial charge < -0.3 is 4.90 Å². The second-order valence-corrected chi connectivity index (χ2v) is 10.0. The third-order valence-electron chi connectivity index (χ3n) is 7.18. The molecule has 7 aromatic rings. The SMILES string of the molecule is c1ccc2c(c1)Sc1ccccc1N2c1ccc2c3cccc4cccc(c5cccc1c52)c43. The van der Waals surface area contributed by atoms with Crippen LogP contribution in [-0.4, -0.2) is 0 Å². The zero-order chi connectivity index (χ0) is 22.2. The predicted molar refractivity (Wildman–Crippen MR) is 146 cm³/mol. The van der Waals surface area contributed by atoms with Crippen LogP contribution in [0.25, 0.3) is 43.1 Å². The molecule has 0 bridgehead atoms. The average molecular weight is 450 g/mol. The van der Waals surface area contributed by atoms with E-state index < -0.39 is 0 Å². The molecule has 0 saturated carbocycles. The van der Waals surface area contributed by atoms with Crippen LogP contribution in [0.2, 0.25) is 0 Å². The number of fused-ring (bicyclic) bond motifs is 4. The number of nitrogens with zero attached hydrogens (tertiary/aromatic N) is 1. The van der Waals surface area contributed by atoms with Crippen LogP contribution in [0.4, 0.5) is 17.1 Å². The first-order valence-electron chi connectivity index (χ1n) is 11.6. The third kappa shape index (κ3) is 2.36. The van der Waals surface area contributed by atoms with E-state index in [1.165, 1.54) is 69.9 Å². The molecular formula is C32H19NS. The number of hydrogen-bond donors (Lipinski definition) is 0. The fourth-order valence-electron chi connectivity index (χ4n) is 5.79. The Hall–Kier alpha value is -4.01. The van der Waals surface area contributed by atoms with Gasteiger partial charge in [0.25, 0.3) is 0 Å². The quantitative estimate of drug-likeness (QED) is 0.181. The lowest BCUT2D eigenvalue weighted by atomic mass is 9.89. The molecule has 0 aliphatic carbocycles. The first-order valence-corrected chi connectivity index (χ1v) is 12.4. The highest BCUT2D eigenvalue weighted by Crippen LogP contribution is 2.53. The maximum absolute atomic E-state index is 2.45. The van der Waals surface area contributed by atoms with E-state index in [-0.39, 0.29) is 0 Å². The van der Waals surface area contributed by atoms with Crippen molar-refractivity contribution in [2.75, 3.05) is 4.90 Å². The second kappa shape index (κ2) is 6.75. The van der Waals surface area contributed by atoms with Crippen molar-refractivity contribution in [3.05, 3.63) is 115 Å². The van der Waals surface area contributed by atoms with Crippen molar-refractivity contribution in [3.8, 4) is 0 Å². The molecule has 0 fully saturated rings. The monoisotopic (exact) mass is 449 g/mol. The van der Waals surface area contributed by atoms with Crippen LogP contribution in [0.5, 0.6) is 0 Å². The Morgan fingerprint density at radius 2 is 0.912 bits per heavy atom. The summed E-state index contributed by atoms with van der Waals surface area (Å²) in [5.74, 6) is 0. The van der Waals surface area contributed by atoms with Crippen molar-refractivity contribution >= 4 is 71.9 Å². The lowest BCUT2D eigenvalue weighted by molar-refractivity contribution is 1.17. The number of rotatable bonds is 1. The number of hydrogen-bond acceptors (Lipinski definition) is 2. The van der Waals surface area contributed by atoms with Gasteiger partial charge in [0.1, 0.15) is 0 Å². The standard InChI is InChI=1S/C32H19NS/c1-3-16-29-27(14-1)33(28-15-2-4-17-30(28)34-29)26-19-18-24-22-11-6-9-20-8-5-10-21(31(20)22)23-12-7-13-25(26)32(23)24/h1-19H. The van der Waals surface area contributed by atoms with E-state index in [0.29, 0.717) is 0 Å². The summed E-state index contributed by atoms with van der Waals surface area (Å²) in [5.41, 5.74) is 3.71. The minimum atomic E-state index is 1.23. The molecule has 0 saturated heterocycles. The van der Waals surface area contributed by atoms with E-state index >= 15 is 0 Å². The van der Waals surface area contributed by atoms with Gasteiger partial charge in [0.15, 0.2) is 0 Å². The van der Waals surface area contributed by atoms with Gasteiger partial charge in [-0.1, -0.05) is 96.7 Å². The van der Waals surface area contributed by atoms with Crippen LogP contribution in [-0.2, 0) is 0 Å². The van der Waals surface area contributed by atoms with Gasteiger partial charge in [-0.3, -0.25) is 0 Å². The third-order valence-corrected chi connectivity index (χ3v) is 8.31. The molecular weight excluding hydrogens is 430 g/mol. The Morgan fingerprint density at radius 1 is 0.382 bits per heavy atom. The number of anilines is 3. The average Bonchev–Trinajstić information content (AvgIpc) is 2.90. The predicted octanol–water partition coefficient (Wildman–Crippen LogP) is 9.67. The van der Waals surface area contributed by atoms with Gasteiger partial charge in [-0.2, -0.15) is 0 Å². The normalized spacial score (nSPS) is 13.1. The van der Waals surface area contributed by atoms with Gasteiger partial charge in [0, 0.05) is 15.2 Å². The molecule has 1 heterocycles. The highest BCUT2D eigenvalue weighted by atomic mass is 32.2. The molecule has 1 aliphatic rings. The van der Waals surface area contributed by atoms with Crippen molar-refractivity contribution in [1.82, 2.24) is 0 Å². The number of para-hydroxylation sites is 2. The molecule has 1 aliphatic heterocycles. The summed E-state index contributed by atoms with van der Waals surface area (Å²) in [5, 5.41) is 10.6. The Morgan fingerprint density at radius 3 is 1.59 bits per heavy atom. The Labute approximate surface area is 201 Å². The van der Waals surface area contributed by atoms with Crippen LogP contribution in [0, 0.1) is 0 Å². The van der Waals surface area contributed by atoms with E-state index in [1.807, 2.05) is 11.8 Å². The number of benzene rings is 7. The first-order chi connectivity index (χ1) is 16.9. The van der Waals surface area contributed by atoms with Crippen molar-refractivity contribution in [1.29, 1.82) is 0 Å². The molecule has 2 heteroatoms. The van der Waals surface area contributed by atoms with Crippen LogP contribution >= 0.6 is 11.8 Å². The van der Waals surface area contributed by atoms with Gasteiger partial charge in [-0.25, -0.2) is 0 Å². The van der Waals surface area contributed by atoms with E-state index in [1.54, 1.807) is 0 Å². The Balaban J connectivity index is 1.54. The molecule has 0 aromatic heterocycles. The maximum atomic E-state index is 2.45. The summed E-state index contributed by atoms with van der Waals surface area (Å²) in [6.45, 7) is 0. The van der Waals surface area contributed by atoms with Crippen molar-refractivity contribution < 1.29 is 0 Å². The Kier molecular flexibility index (Phi) is 3.66. The van der Waals surface area contributed by atoms with Crippen LogP contribution in [0.1, 0.15) is 0 Å². The first kappa shape index (κ1) is 18.4. The van der Waals surface area contributed by atoms with E-state index in [9.17, 15) is 0 Å². The molecule has 34 heavy (non-hydrogen) atoms. The molecule has 7 aromatic carbocycles. The molecule has 158 valence electrons. The highest BCUT2D eigenvalue weighted by Gasteiger charge is 2.26. The largest absolute Gasteiger partial charge is 0.308 e. The van der Waals surface area contributed by atoms with E-state index in [4.69, 9.17) is 0 Å². The summed E-state index contributed by atoms with van der Waals surface area (Å²) >= 11 is 1.85. The van der Waals surface area contributed by atoms with E-state index in [2.05, 4.69) is 120 Å². The molecule has 0 unspecified atom stereocenters. The van der Waals surface area contributed by atoms with Crippen molar-refractivity contribution in [2.24, 2.45) is 0 Å². The van der Waals surface area contributed by atoms with Gasteiger partial charge in [-0.05, 0) is 68.0 Å². The van der Waals surface area contributed by atoms with Crippen LogP contribution in [0.3, 0.4) is 0 Å². The summed E-state index contributed by atoms with van der Waals surface area (Å²) < 4.78 is 0. The molecule has 0 radical (unpaired) electrons. The van der Waals surface area contributed by atoms with Crippen molar-refractivity contribution in [2.45, 2.75) is 9.79 Å². The van der Waals surface area contributed by atoms with Crippen LogP contribution < -0.4 is 4.90 Å². The zero-order valence-electron chi connectivity index (χ0n) is 18.3. The van der Waals surface area contributed by atoms with Gasteiger partial charge in [0.05, 0.1) is 17.1 Å². The lowest BCUT2D eigenvalue weighted by Gasteiger charge is -2.34. The summed E-state index contributed by atoms with van der Waals surface area (Å²) in [6.07, 6.45) is 0. The molecule has 0 N–H and O–H groups in total. The summed E-state index contributed by atoms with van der Waals surface area (Å²) in [6, 6.07) is 42.3. The van der Waals surface area contributed by atoms with Crippen LogP contribution in [0.15, 0.2) is 125 Å². The second-order valence-electron chi connectivity index (χ2n) is 8.94. The smallest absolute Gasteiger partial charge is 0.0601 e. The van der Waals surface area contributed by atoms with E-state index in [0.717, 1.165) is 0 Å². The fraction of sp³-hybridized carbons (Fsp3) is 0. The maximum Gasteiger partial charge on any atom is 0.0601 e. The van der Waals surface area contributed by atoms with Gasteiger partial charge in [-0.15, -0.1) is 0 Å². The highest BCUT2D eigenvalue weighted by molar-refractivity contribution is 7.99. The molecule has 0 amide bonds. The molecule has 8 rings (SSSR count). The zero-order valence-corrected chi connectivity index (χ0v) is 19.1. The fourth-order valence-corrected chi connectivity index (χ4v) is 6.85. The van der Waals surface area contributed by atoms with Gasteiger partial charge >= 0.3 is 0 Å². The van der Waals surface area contributed by atoms with Crippen molar-refractivity contribution in [3.63, 3.8) is 0 Å². The summed E-state index contributed by atoms with van der Waals surface area (Å²) in [7, 11) is 0. The molecule has 1 nitrogen and oxygen atoms in total. The minimum absolute atomic E-state index is 1.23. The minimum Gasteiger partial charge on any atom is -0.308 e. The van der Waals surface area contributed by atoms with Gasteiger partial charge in [0.2, 0.25) is 0 Å². The lowest BCUT2D eigenvalue weighted by Crippen LogP contribution is -2.15. The topological polar surface area (TPSA) is 3.24 Å². The Bertz CT molecular complexity index is 1810. The summed E-state index contributed by atoms with van der Waals surface area (Å²) in [4.78, 5) is 5.03. The molecule has 0 spiro atoms.